The van der Waals surface area contributed by atoms with Gasteiger partial charge in [-0.1, -0.05) is 19.1 Å². The molecule has 0 radical (unpaired) electrons. The number of aromatic hydroxyl groups is 1. The molecule has 1 heterocycles. The normalized spacial score (nSPS) is 12.3. The Bertz CT molecular complexity index is 583. The first-order chi connectivity index (χ1) is 10.2. The van der Waals surface area contributed by atoms with Crippen LogP contribution in [0.1, 0.15) is 42.3 Å². The minimum Gasteiger partial charge on any atom is -0.504 e. The molecule has 1 aromatic heterocycles. The van der Waals surface area contributed by atoms with E-state index in [1.165, 1.54) is 4.88 Å². The summed E-state index contributed by atoms with van der Waals surface area (Å²) in [6, 6.07) is 5.73. The standard InChI is InChI=1S/C16H22N2O2S/c1-4-13-10-18-16(21-13)11(3)17-9-12-7-6-8-14(15(12)19)20-5-2/h6-8,10-11,17,19H,4-5,9H2,1-3H3. The quantitative estimate of drug-likeness (QED) is 0.819. The van der Waals surface area contributed by atoms with Crippen LogP contribution in [0.25, 0.3) is 0 Å². The number of ether oxygens (including phenoxy) is 1. The van der Waals surface area contributed by atoms with Crippen LogP contribution in [0.15, 0.2) is 24.4 Å². The largest absolute Gasteiger partial charge is 0.504 e. The van der Waals surface area contributed by atoms with Gasteiger partial charge in [-0.3, -0.25) is 0 Å². The predicted octanol–water partition coefficient (Wildman–Crippen LogP) is 3.66. The topological polar surface area (TPSA) is 54.4 Å². The Labute approximate surface area is 129 Å². The van der Waals surface area contributed by atoms with Crippen LogP contribution in [0.4, 0.5) is 0 Å². The monoisotopic (exact) mass is 306 g/mol. The summed E-state index contributed by atoms with van der Waals surface area (Å²) in [6.07, 6.45) is 2.95. The third-order valence-electron chi connectivity index (χ3n) is 3.27. The summed E-state index contributed by atoms with van der Waals surface area (Å²) in [4.78, 5) is 5.73. The van der Waals surface area contributed by atoms with Gasteiger partial charge in [0.1, 0.15) is 5.01 Å². The number of aromatic nitrogens is 1. The summed E-state index contributed by atoms with van der Waals surface area (Å²) in [5.41, 5.74) is 0.833. The van der Waals surface area contributed by atoms with Crippen molar-refractivity contribution in [3.05, 3.63) is 39.8 Å². The Morgan fingerprint density at radius 2 is 2.19 bits per heavy atom. The van der Waals surface area contributed by atoms with Gasteiger partial charge in [-0.15, -0.1) is 11.3 Å². The molecule has 21 heavy (non-hydrogen) atoms. The van der Waals surface area contributed by atoms with Gasteiger partial charge in [0, 0.05) is 23.2 Å². The lowest BCUT2D eigenvalue weighted by atomic mass is 10.1. The number of nitrogens with zero attached hydrogens (tertiary/aromatic N) is 1. The highest BCUT2D eigenvalue weighted by atomic mass is 32.1. The molecule has 0 saturated carbocycles. The van der Waals surface area contributed by atoms with E-state index in [1.807, 2.05) is 25.3 Å². The first-order valence-electron chi connectivity index (χ1n) is 7.27. The Hall–Kier alpha value is -1.59. The molecule has 2 N–H and O–H groups in total. The van der Waals surface area contributed by atoms with Crippen LogP contribution in [0.3, 0.4) is 0 Å². The minimum absolute atomic E-state index is 0.158. The molecule has 2 rings (SSSR count). The molecule has 0 fully saturated rings. The number of benzene rings is 1. The summed E-state index contributed by atoms with van der Waals surface area (Å²) in [7, 11) is 0. The van der Waals surface area contributed by atoms with Crippen LogP contribution in [0.5, 0.6) is 11.5 Å². The Kier molecular flexibility index (Phi) is 5.59. The van der Waals surface area contributed by atoms with Crippen LogP contribution >= 0.6 is 11.3 Å². The molecule has 2 aromatic rings. The van der Waals surface area contributed by atoms with Gasteiger partial charge in [-0.05, 0) is 26.3 Å². The number of nitrogens with one attached hydrogen (secondary N) is 1. The van der Waals surface area contributed by atoms with Gasteiger partial charge in [-0.2, -0.15) is 0 Å². The fourth-order valence-corrected chi connectivity index (χ4v) is 2.90. The van der Waals surface area contributed by atoms with E-state index >= 15 is 0 Å². The van der Waals surface area contributed by atoms with Crippen molar-refractivity contribution in [2.24, 2.45) is 0 Å². The molecular weight excluding hydrogens is 284 g/mol. The number of para-hydroxylation sites is 1. The zero-order valence-electron chi connectivity index (χ0n) is 12.7. The third-order valence-corrected chi connectivity index (χ3v) is 4.60. The lowest BCUT2D eigenvalue weighted by Crippen LogP contribution is -2.18. The average Bonchev–Trinajstić information content (AvgIpc) is 2.97. The molecule has 114 valence electrons. The van der Waals surface area contributed by atoms with Crippen molar-refractivity contribution in [3.8, 4) is 11.5 Å². The molecule has 1 atom stereocenters. The van der Waals surface area contributed by atoms with E-state index in [9.17, 15) is 5.11 Å². The fourth-order valence-electron chi connectivity index (χ4n) is 2.02. The summed E-state index contributed by atoms with van der Waals surface area (Å²) in [5.74, 6) is 0.749. The van der Waals surface area contributed by atoms with Crippen LogP contribution < -0.4 is 10.1 Å². The Balaban J connectivity index is 2.00. The molecule has 0 bridgehead atoms. The Morgan fingerprint density at radius 3 is 2.86 bits per heavy atom. The van der Waals surface area contributed by atoms with Gasteiger partial charge in [-0.25, -0.2) is 4.98 Å². The lowest BCUT2D eigenvalue weighted by Gasteiger charge is -2.14. The second-order valence-electron chi connectivity index (χ2n) is 4.82. The van der Waals surface area contributed by atoms with E-state index in [0.717, 1.165) is 17.0 Å². The van der Waals surface area contributed by atoms with Crippen molar-refractivity contribution in [1.29, 1.82) is 0 Å². The van der Waals surface area contributed by atoms with E-state index in [2.05, 4.69) is 24.1 Å². The number of aryl methyl sites for hydroxylation is 1. The number of phenols is 1. The van der Waals surface area contributed by atoms with Crippen LogP contribution in [-0.2, 0) is 13.0 Å². The third kappa shape index (κ3) is 3.95. The molecule has 0 spiro atoms. The van der Waals surface area contributed by atoms with Crippen molar-refractivity contribution in [2.45, 2.75) is 39.8 Å². The number of hydrogen-bond donors (Lipinski definition) is 2. The van der Waals surface area contributed by atoms with Crippen molar-refractivity contribution < 1.29 is 9.84 Å². The van der Waals surface area contributed by atoms with Crippen molar-refractivity contribution >= 4 is 11.3 Å². The number of thiazole rings is 1. The lowest BCUT2D eigenvalue weighted by molar-refractivity contribution is 0.316. The van der Waals surface area contributed by atoms with E-state index in [0.29, 0.717) is 18.9 Å². The molecule has 0 saturated heterocycles. The van der Waals surface area contributed by atoms with Crippen LogP contribution in [-0.4, -0.2) is 16.7 Å². The summed E-state index contributed by atoms with van der Waals surface area (Å²) >= 11 is 1.73. The highest BCUT2D eigenvalue weighted by molar-refractivity contribution is 7.11. The summed E-state index contributed by atoms with van der Waals surface area (Å²) < 4.78 is 5.40. The summed E-state index contributed by atoms with van der Waals surface area (Å²) in [6.45, 7) is 7.24. The highest BCUT2D eigenvalue weighted by Crippen LogP contribution is 2.30. The highest BCUT2D eigenvalue weighted by Gasteiger charge is 2.12. The van der Waals surface area contributed by atoms with E-state index in [1.54, 1.807) is 17.4 Å². The summed E-state index contributed by atoms with van der Waals surface area (Å²) in [5, 5.41) is 14.6. The van der Waals surface area contributed by atoms with Crippen molar-refractivity contribution in [2.75, 3.05) is 6.61 Å². The average molecular weight is 306 g/mol. The predicted molar refractivity (Wildman–Crippen MR) is 86.0 cm³/mol. The SMILES string of the molecule is CCOc1cccc(CNC(C)c2ncc(CC)s2)c1O. The second kappa shape index (κ2) is 7.43. The van der Waals surface area contributed by atoms with Gasteiger partial charge in [0.05, 0.1) is 12.6 Å². The van der Waals surface area contributed by atoms with Gasteiger partial charge < -0.3 is 15.2 Å². The van der Waals surface area contributed by atoms with Gasteiger partial charge in [0.25, 0.3) is 0 Å². The maximum Gasteiger partial charge on any atom is 0.162 e. The van der Waals surface area contributed by atoms with Crippen LogP contribution in [0.2, 0.25) is 0 Å². The van der Waals surface area contributed by atoms with Gasteiger partial charge in [0.2, 0.25) is 0 Å². The molecule has 5 heteroatoms. The first-order valence-corrected chi connectivity index (χ1v) is 8.09. The van der Waals surface area contributed by atoms with Crippen LogP contribution in [0, 0.1) is 0 Å². The number of rotatable bonds is 7. The maximum atomic E-state index is 10.2. The minimum atomic E-state index is 0.158. The van der Waals surface area contributed by atoms with Gasteiger partial charge >= 0.3 is 0 Å². The van der Waals surface area contributed by atoms with Crippen molar-refractivity contribution in [3.63, 3.8) is 0 Å². The van der Waals surface area contributed by atoms with Crippen molar-refractivity contribution in [1.82, 2.24) is 10.3 Å². The second-order valence-corrected chi connectivity index (χ2v) is 5.96. The fraction of sp³-hybridized carbons (Fsp3) is 0.438. The molecule has 4 nitrogen and oxygen atoms in total. The smallest absolute Gasteiger partial charge is 0.162 e. The molecule has 1 aromatic carbocycles. The van der Waals surface area contributed by atoms with E-state index < -0.39 is 0 Å². The van der Waals surface area contributed by atoms with E-state index in [-0.39, 0.29) is 11.8 Å². The zero-order valence-corrected chi connectivity index (χ0v) is 13.5. The maximum absolute atomic E-state index is 10.2. The zero-order chi connectivity index (χ0) is 15.2. The first kappa shape index (κ1) is 15.8. The molecule has 1 unspecified atom stereocenters. The van der Waals surface area contributed by atoms with Gasteiger partial charge in [0.15, 0.2) is 11.5 Å². The number of hydrogen-bond acceptors (Lipinski definition) is 5. The molecule has 0 amide bonds. The van der Waals surface area contributed by atoms with E-state index in [4.69, 9.17) is 4.74 Å². The molecular formula is C16H22N2O2S. The Morgan fingerprint density at radius 1 is 1.38 bits per heavy atom. The molecule has 0 aliphatic carbocycles. The molecule has 0 aliphatic heterocycles. The number of phenolic OH excluding ortho intramolecular Hbond substituents is 1. The molecule has 0 aliphatic rings.